The SMILES string of the molecule is O=C(CSc1nc2c(oc3ccccc32)c(=O)n1C[C@@H]1CCCO1)Nc1ccc(F)cc1. The van der Waals surface area contributed by atoms with Crippen molar-refractivity contribution in [2.45, 2.75) is 30.6 Å². The summed E-state index contributed by atoms with van der Waals surface area (Å²) in [6.45, 7) is 1.02. The van der Waals surface area contributed by atoms with E-state index in [1.807, 2.05) is 18.2 Å². The molecule has 2 aromatic carbocycles. The van der Waals surface area contributed by atoms with Crippen molar-refractivity contribution in [2.24, 2.45) is 0 Å². The number of amides is 1. The first-order valence-electron chi connectivity index (χ1n) is 10.3. The lowest BCUT2D eigenvalue weighted by Gasteiger charge is -2.15. The molecule has 1 amide bonds. The number of carbonyl (C=O) groups is 1. The zero-order valence-corrected chi connectivity index (χ0v) is 17.9. The van der Waals surface area contributed by atoms with Crippen molar-refractivity contribution in [3.05, 3.63) is 64.7 Å². The molecule has 0 bridgehead atoms. The number of thioether (sulfide) groups is 1. The molecule has 0 radical (unpaired) electrons. The van der Waals surface area contributed by atoms with E-state index in [0.29, 0.717) is 35.1 Å². The maximum Gasteiger partial charge on any atom is 0.297 e. The Morgan fingerprint density at radius 1 is 1.22 bits per heavy atom. The zero-order chi connectivity index (χ0) is 22.1. The summed E-state index contributed by atoms with van der Waals surface area (Å²) in [5, 5.41) is 3.90. The molecule has 1 atom stereocenters. The molecule has 9 heteroatoms. The molecule has 1 N–H and O–H groups in total. The summed E-state index contributed by atoms with van der Waals surface area (Å²) in [5.74, 6) is -0.617. The van der Waals surface area contributed by atoms with Gasteiger partial charge in [0.05, 0.1) is 18.4 Å². The highest BCUT2D eigenvalue weighted by Crippen LogP contribution is 2.28. The number of anilines is 1. The number of benzene rings is 2. The van der Waals surface area contributed by atoms with Crippen LogP contribution >= 0.6 is 11.8 Å². The van der Waals surface area contributed by atoms with Crippen molar-refractivity contribution in [3.8, 4) is 0 Å². The Morgan fingerprint density at radius 3 is 2.81 bits per heavy atom. The standard InChI is InChI=1S/C23H20FN3O4S/c24-14-7-9-15(10-8-14)25-19(28)13-32-23-26-20-17-5-1-2-6-18(17)31-21(20)22(29)27(23)12-16-4-3-11-30-16/h1-2,5-10,16H,3-4,11-13H2,(H,25,28)/t16-/m0/s1. The molecule has 32 heavy (non-hydrogen) atoms. The van der Waals surface area contributed by atoms with Crippen molar-refractivity contribution in [1.82, 2.24) is 9.55 Å². The van der Waals surface area contributed by atoms with Crippen molar-refractivity contribution in [1.29, 1.82) is 0 Å². The van der Waals surface area contributed by atoms with E-state index in [-0.39, 0.29) is 34.7 Å². The van der Waals surface area contributed by atoms with Gasteiger partial charge in [0.1, 0.15) is 16.9 Å². The van der Waals surface area contributed by atoms with Gasteiger partial charge in [0.15, 0.2) is 5.16 Å². The Morgan fingerprint density at radius 2 is 2.03 bits per heavy atom. The first-order chi connectivity index (χ1) is 15.6. The van der Waals surface area contributed by atoms with E-state index in [1.54, 1.807) is 6.07 Å². The third-order valence-corrected chi connectivity index (χ3v) is 6.29. The van der Waals surface area contributed by atoms with Crippen LogP contribution in [0.15, 0.2) is 62.9 Å². The third-order valence-electron chi connectivity index (χ3n) is 5.32. The molecule has 1 aliphatic rings. The van der Waals surface area contributed by atoms with Gasteiger partial charge < -0.3 is 14.5 Å². The third kappa shape index (κ3) is 4.13. The van der Waals surface area contributed by atoms with Crippen molar-refractivity contribution in [2.75, 3.05) is 17.7 Å². The minimum Gasteiger partial charge on any atom is -0.448 e. The van der Waals surface area contributed by atoms with Crippen molar-refractivity contribution in [3.63, 3.8) is 0 Å². The highest BCUT2D eigenvalue weighted by molar-refractivity contribution is 7.99. The Kier molecular flexibility index (Phi) is 5.67. The number of halogens is 1. The molecule has 0 aliphatic carbocycles. The molecule has 7 nitrogen and oxygen atoms in total. The van der Waals surface area contributed by atoms with E-state index < -0.39 is 0 Å². The number of nitrogens with one attached hydrogen (secondary N) is 1. The summed E-state index contributed by atoms with van der Waals surface area (Å²) < 4.78 is 26.1. The Hall–Kier alpha value is -3.17. The van der Waals surface area contributed by atoms with Crippen LogP contribution in [0, 0.1) is 5.82 Å². The number of para-hydroxylation sites is 1. The second kappa shape index (κ2) is 8.76. The molecule has 1 aliphatic heterocycles. The first-order valence-corrected chi connectivity index (χ1v) is 11.3. The smallest absolute Gasteiger partial charge is 0.297 e. The average Bonchev–Trinajstić information content (AvgIpc) is 3.44. The van der Waals surface area contributed by atoms with Crippen LogP contribution in [0.1, 0.15) is 12.8 Å². The van der Waals surface area contributed by atoms with Crippen LogP contribution < -0.4 is 10.9 Å². The Balaban J connectivity index is 1.46. The van der Waals surface area contributed by atoms with E-state index in [1.165, 1.54) is 40.6 Å². The summed E-state index contributed by atoms with van der Waals surface area (Å²) in [5.41, 5.74) is 1.48. The van der Waals surface area contributed by atoms with Crippen LogP contribution in [0.25, 0.3) is 22.1 Å². The van der Waals surface area contributed by atoms with Gasteiger partial charge >= 0.3 is 0 Å². The van der Waals surface area contributed by atoms with Crippen molar-refractivity contribution >= 4 is 45.4 Å². The van der Waals surface area contributed by atoms with Gasteiger partial charge in [0.25, 0.3) is 5.56 Å². The molecule has 1 fully saturated rings. The highest BCUT2D eigenvalue weighted by atomic mass is 32.2. The fraction of sp³-hybridized carbons (Fsp3) is 0.261. The van der Waals surface area contributed by atoms with Crippen LogP contribution in [0.3, 0.4) is 0 Å². The van der Waals surface area contributed by atoms with Gasteiger partial charge in [0.2, 0.25) is 11.5 Å². The van der Waals surface area contributed by atoms with Gasteiger partial charge in [-0.15, -0.1) is 0 Å². The molecule has 4 aromatic rings. The largest absolute Gasteiger partial charge is 0.448 e. The molecule has 164 valence electrons. The predicted molar refractivity (Wildman–Crippen MR) is 121 cm³/mol. The maximum absolute atomic E-state index is 13.3. The van der Waals surface area contributed by atoms with Crippen LogP contribution in [-0.2, 0) is 16.1 Å². The number of hydrogen-bond donors (Lipinski definition) is 1. The number of carbonyl (C=O) groups excluding carboxylic acids is 1. The summed E-state index contributed by atoms with van der Waals surface area (Å²) >= 11 is 1.17. The minimum absolute atomic E-state index is 0.0383. The summed E-state index contributed by atoms with van der Waals surface area (Å²) in [6, 6.07) is 12.9. The Labute approximate surface area is 186 Å². The average molecular weight is 453 g/mol. The quantitative estimate of drug-likeness (QED) is 0.348. The number of furan rings is 1. The highest BCUT2D eigenvalue weighted by Gasteiger charge is 2.23. The summed E-state index contributed by atoms with van der Waals surface area (Å²) in [4.78, 5) is 30.5. The van der Waals surface area contributed by atoms with Crippen LogP contribution in [0.2, 0.25) is 0 Å². The molecular formula is C23H20FN3O4S. The second-order valence-electron chi connectivity index (χ2n) is 7.56. The van der Waals surface area contributed by atoms with E-state index >= 15 is 0 Å². The lowest BCUT2D eigenvalue weighted by Crippen LogP contribution is -2.29. The van der Waals surface area contributed by atoms with E-state index in [9.17, 15) is 14.0 Å². The van der Waals surface area contributed by atoms with Crippen molar-refractivity contribution < 1.29 is 18.3 Å². The number of aromatic nitrogens is 2. The molecule has 1 saturated heterocycles. The monoisotopic (exact) mass is 453 g/mol. The summed E-state index contributed by atoms with van der Waals surface area (Å²) in [7, 11) is 0. The number of ether oxygens (including phenoxy) is 1. The predicted octanol–water partition coefficient (Wildman–Crippen LogP) is 4.19. The molecule has 5 rings (SSSR count). The number of fused-ring (bicyclic) bond motifs is 3. The fourth-order valence-corrected chi connectivity index (χ4v) is 4.58. The van der Waals surface area contributed by atoms with Crippen LogP contribution in [0.4, 0.5) is 10.1 Å². The van der Waals surface area contributed by atoms with Crippen LogP contribution in [-0.4, -0.2) is 33.9 Å². The van der Waals surface area contributed by atoms with Gasteiger partial charge in [-0.3, -0.25) is 14.2 Å². The molecule has 3 heterocycles. The topological polar surface area (TPSA) is 86.4 Å². The van der Waals surface area contributed by atoms with Gasteiger partial charge in [-0.05, 0) is 49.2 Å². The number of rotatable bonds is 6. The lowest BCUT2D eigenvalue weighted by atomic mass is 10.2. The zero-order valence-electron chi connectivity index (χ0n) is 17.0. The van der Waals surface area contributed by atoms with Gasteiger partial charge in [-0.1, -0.05) is 23.9 Å². The van der Waals surface area contributed by atoms with Gasteiger partial charge in [-0.2, -0.15) is 0 Å². The minimum atomic E-state index is -0.375. The molecule has 2 aromatic heterocycles. The first kappa shape index (κ1) is 20.7. The van der Waals surface area contributed by atoms with E-state index in [4.69, 9.17) is 14.1 Å². The molecule has 0 spiro atoms. The fourth-order valence-electron chi connectivity index (χ4n) is 3.78. The number of nitrogens with zero attached hydrogens (tertiary/aromatic N) is 2. The van der Waals surface area contributed by atoms with E-state index in [2.05, 4.69) is 5.32 Å². The van der Waals surface area contributed by atoms with E-state index in [0.717, 1.165) is 18.2 Å². The van der Waals surface area contributed by atoms with Gasteiger partial charge in [-0.25, -0.2) is 9.37 Å². The van der Waals surface area contributed by atoms with Gasteiger partial charge in [0, 0.05) is 17.7 Å². The number of hydrogen-bond acceptors (Lipinski definition) is 6. The second-order valence-corrected chi connectivity index (χ2v) is 8.51. The lowest BCUT2D eigenvalue weighted by molar-refractivity contribution is -0.113. The molecule has 0 saturated carbocycles. The Bertz CT molecular complexity index is 1340. The molecular weight excluding hydrogens is 433 g/mol. The normalized spacial score (nSPS) is 16.1. The maximum atomic E-state index is 13.3. The molecule has 0 unspecified atom stereocenters. The van der Waals surface area contributed by atoms with Crippen LogP contribution in [0.5, 0.6) is 0 Å². The summed E-state index contributed by atoms with van der Waals surface area (Å²) in [6.07, 6.45) is 1.73.